The quantitative estimate of drug-likeness (QED) is 0.427. The van der Waals surface area contributed by atoms with Crippen molar-refractivity contribution in [2.75, 3.05) is 27.6 Å². The number of nitrogens with zero attached hydrogens (tertiary/aromatic N) is 1. The fraction of sp³-hybridized carbons (Fsp3) is 0.348. The van der Waals surface area contributed by atoms with Crippen LogP contribution in [0.25, 0.3) is 0 Å². The lowest BCUT2D eigenvalue weighted by molar-refractivity contribution is -0.121. The number of amides is 1. The van der Waals surface area contributed by atoms with Crippen molar-refractivity contribution in [1.29, 1.82) is 0 Å². The zero-order valence-corrected chi connectivity index (χ0v) is 19.0. The monoisotopic (exact) mass is 471 g/mol. The highest BCUT2D eigenvalue weighted by atomic mass is 16.7. The Kier molecular flexibility index (Phi) is 6.62. The fourth-order valence-corrected chi connectivity index (χ4v) is 3.96. The number of benzene rings is 1. The van der Waals surface area contributed by atoms with E-state index in [1.807, 2.05) is 0 Å². The maximum Gasteiger partial charge on any atom is 0.343 e. The van der Waals surface area contributed by atoms with Crippen molar-refractivity contribution in [2.24, 2.45) is 0 Å². The number of carbonyl (C=O) groups excluding carboxylic acids is 1. The summed E-state index contributed by atoms with van der Waals surface area (Å²) in [4.78, 5) is 32.7. The van der Waals surface area contributed by atoms with Crippen LogP contribution in [-0.4, -0.2) is 48.5 Å². The summed E-state index contributed by atoms with van der Waals surface area (Å²) in [5.41, 5.74) is 0.439. The molecule has 3 aromatic rings. The van der Waals surface area contributed by atoms with Crippen LogP contribution in [0, 0.1) is 6.92 Å². The molecular weight excluding hydrogens is 446 g/mol. The molecule has 1 aliphatic rings. The lowest BCUT2D eigenvalue weighted by Gasteiger charge is -2.22. The number of imidazole rings is 1. The summed E-state index contributed by atoms with van der Waals surface area (Å²) in [6.07, 6.45) is 3.61. The third-order valence-corrected chi connectivity index (χ3v) is 5.49. The van der Waals surface area contributed by atoms with Gasteiger partial charge < -0.3 is 38.8 Å². The number of rotatable bonds is 9. The van der Waals surface area contributed by atoms with Crippen LogP contribution >= 0.6 is 0 Å². The number of hydrogen-bond acceptors (Lipinski definition) is 9. The number of hydrogen-bond donors (Lipinski definition) is 3. The van der Waals surface area contributed by atoms with E-state index in [1.54, 1.807) is 25.5 Å². The van der Waals surface area contributed by atoms with Gasteiger partial charge in [-0.05, 0) is 13.0 Å². The fourth-order valence-electron chi connectivity index (χ4n) is 3.96. The van der Waals surface area contributed by atoms with Gasteiger partial charge in [-0.3, -0.25) is 4.79 Å². The minimum absolute atomic E-state index is 0.0395. The Morgan fingerprint density at radius 1 is 1.26 bits per heavy atom. The zero-order chi connectivity index (χ0) is 24.2. The number of aromatic amines is 1. The number of methoxy groups -OCH3 is 2. The van der Waals surface area contributed by atoms with Crippen LogP contribution in [0.2, 0.25) is 0 Å². The first-order chi connectivity index (χ1) is 16.4. The molecule has 180 valence electrons. The Morgan fingerprint density at radius 3 is 2.74 bits per heavy atom. The molecular formula is C23H25N3O8. The van der Waals surface area contributed by atoms with Crippen LogP contribution in [0.3, 0.4) is 0 Å². The van der Waals surface area contributed by atoms with Gasteiger partial charge in [0.15, 0.2) is 11.5 Å². The molecule has 1 aliphatic heterocycles. The number of aromatic nitrogens is 2. The summed E-state index contributed by atoms with van der Waals surface area (Å²) in [6, 6.07) is 2.93. The highest BCUT2D eigenvalue weighted by Gasteiger charge is 2.34. The minimum atomic E-state index is -0.928. The molecule has 3 heterocycles. The molecule has 0 radical (unpaired) electrons. The second kappa shape index (κ2) is 9.77. The molecule has 11 heteroatoms. The second-order valence-corrected chi connectivity index (χ2v) is 7.64. The largest absolute Gasteiger partial charge is 0.507 e. The Bertz CT molecular complexity index is 1240. The van der Waals surface area contributed by atoms with Crippen molar-refractivity contribution in [2.45, 2.75) is 25.7 Å². The van der Waals surface area contributed by atoms with Gasteiger partial charge in [-0.15, -0.1) is 0 Å². The van der Waals surface area contributed by atoms with E-state index in [0.717, 1.165) is 5.69 Å². The Labute approximate surface area is 194 Å². The van der Waals surface area contributed by atoms with Crippen LogP contribution in [0.5, 0.6) is 28.7 Å². The van der Waals surface area contributed by atoms with Gasteiger partial charge in [0.25, 0.3) is 0 Å². The van der Waals surface area contributed by atoms with Gasteiger partial charge in [0.05, 0.1) is 26.1 Å². The molecule has 1 aromatic carbocycles. The van der Waals surface area contributed by atoms with Gasteiger partial charge in [0, 0.05) is 48.8 Å². The van der Waals surface area contributed by atoms with E-state index < -0.39 is 11.5 Å². The summed E-state index contributed by atoms with van der Waals surface area (Å²) in [7, 11) is 2.90. The van der Waals surface area contributed by atoms with Gasteiger partial charge >= 0.3 is 5.63 Å². The van der Waals surface area contributed by atoms with Crippen molar-refractivity contribution in [1.82, 2.24) is 15.3 Å². The van der Waals surface area contributed by atoms with Gasteiger partial charge in [-0.2, -0.15) is 0 Å². The van der Waals surface area contributed by atoms with E-state index in [4.69, 9.17) is 23.4 Å². The number of carbonyl (C=O) groups is 1. The van der Waals surface area contributed by atoms with Crippen LogP contribution in [0.4, 0.5) is 0 Å². The first-order valence-corrected chi connectivity index (χ1v) is 10.5. The van der Waals surface area contributed by atoms with Gasteiger partial charge in [-0.1, -0.05) is 0 Å². The van der Waals surface area contributed by atoms with E-state index in [9.17, 15) is 14.7 Å². The highest BCUT2D eigenvalue weighted by Crippen LogP contribution is 2.52. The smallest absolute Gasteiger partial charge is 0.343 e. The number of aromatic hydroxyl groups is 1. The number of H-pyrrole nitrogens is 1. The van der Waals surface area contributed by atoms with Crippen LogP contribution in [-0.2, 0) is 11.2 Å². The molecule has 0 saturated heterocycles. The predicted molar refractivity (Wildman–Crippen MR) is 119 cm³/mol. The zero-order valence-electron chi connectivity index (χ0n) is 19.0. The number of ether oxygens (including phenoxy) is 4. The molecule has 0 bridgehead atoms. The molecule has 0 aliphatic carbocycles. The van der Waals surface area contributed by atoms with Crippen molar-refractivity contribution in [3.63, 3.8) is 0 Å². The molecule has 3 N–H and O–H groups in total. The number of fused-ring (bicyclic) bond motifs is 1. The summed E-state index contributed by atoms with van der Waals surface area (Å²) < 4.78 is 27.3. The molecule has 0 saturated carbocycles. The molecule has 0 spiro atoms. The van der Waals surface area contributed by atoms with E-state index >= 15 is 0 Å². The average molecular weight is 471 g/mol. The highest BCUT2D eigenvalue weighted by molar-refractivity contribution is 5.78. The van der Waals surface area contributed by atoms with Gasteiger partial charge in [0.2, 0.25) is 24.2 Å². The third kappa shape index (κ3) is 4.49. The Hall–Kier alpha value is -4.15. The van der Waals surface area contributed by atoms with Crippen LogP contribution in [0.1, 0.15) is 34.9 Å². The van der Waals surface area contributed by atoms with Crippen molar-refractivity contribution in [3.8, 4) is 28.7 Å². The topological polar surface area (TPSA) is 145 Å². The molecule has 0 fully saturated rings. The molecule has 34 heavy (non-hydrogen) atoms. The normalized spacial score (nSPS) is 12.9. The summed E-state index contributed by atoms with van der Waals surface area (Å²) in [5, 5.41) is 13.5. The van der Waals surface area contributed by atoms with Crippen molar-refractivity contribution in [3.05, 3.63) is 57.7 Å². The van der Waals surface area contributed by atoms with Gasteiger partial charge in [0.1, 0.15) is 11.5 Å². The second-order valence-electron chi connectivity index (χ2n) is 7.64. The third-order valence-electron chi connectivity index (χ3n) is 5.49. The number of aryl methyl sites for hydroxylation is 1. The SMILES string of the molecule is COc1cc(C(CC(=O)NCCc2cnc[nH]2)c2c(O)cc(C)oc2=O)c(OC)c2c1OCO2. The number of nitrogens with one attached hydrogen (secondary N) is 2. The lowest BCUT2D eigenvalue weighted by atomic mass is 9.87. The minimum Gasteiger partial charge on any atom is -0.507 e. The standard InChI is InChI=1S/C23H25N3O8/c1-12-6-16(27)19(23(29)34-12)14(8-18(28)25-5-4-13-9-24-10-26-13)15-7-17(30-2)21-22(20(15)31-3)33-11-32-21/h6-7,9-10,14,27H,4-5,8,11H2,1-3H3,(H,24,26)(H,25,28). The van der Waals surface area contributed by atoms with E-state index in [2.05, 4.69) is 15.3 Å². The van der Waals surface area contributed by atoms with E-state index in [-0.39, 0.29) is 47.7 Å². The van der Waals surface area contributed by atoms with Crippen LogP contribution in [0.15, 0.2) is 33.9 Å². The Balaban J connectivity index is 1.73. The van der Waals surface area contributed by atoms with Crippen LogP contribution < -0.4 is 29.9 Å². The average Bonchev–Trinajstić information content (AvgIpc) is 3.49. The molecule has 2 aromatic heterocycles. The molecule has 1 atom stereocenters. The molecule has 1 amide bonds. The maximum atomic E-state index is 12.9. The lowest BCUT2D eigenvalue weighted by Crippen LogP contribution is -2.29. The predicted octanol–water partition coefficient (Wildman–Crippen LogP) is 2.00. The van der Waals surface area contributed by atoms with Gasteiger partial charge in [-0.25, -0.2) is 9.78 Å². The summed E-state index contributed by atoms with van der Waals surface area (Å²) in [6.45, 7) is 1.86. The Morgan fingerprint density at radius 2 is 2.06 bits per heavy atom. The summed E-state index contributed by atoms with van der Waals surface area (Å²) in [5.74, 6) is -0.0766. The molecule has 4 rings (SSSR count). The van der Waals surface area contributed by atoms with Crippen molar-refractivity contribution >= 4 is 5.91 Å². The maximum absolute atomic E-state index is 12.9. The first kappa shape index (κ1) is 23.0. The van der Waals surface area contributed by atoms with E-state index in [0.29, 0.717) is 30.0 Å². The first-order valence-electron chi connectivity index (χ1n) is 10.5. The van der Waals surface area contributed by atoms with Crippen molar-refractivity contribution < 1.29 is 33.3 Å². The summed E-state index contributed by atoms with van der Waals surface area (Å²) >= 11 is 0. The molecule has 1 unspecified atom stereocenters. The molecule has 11 nitrogen and oxygen atoms in total. The van der Waals surface area contributed by atoms with E-state index in [1.165, 1.54) is 20.3 Å².